The molecule has 11 heteroatoms. The van der Waals surface area contributed by atoms with Crippen LogP contribution in [0.1, 0.15) is 11.4 Å². The molecule has 1 aromatic carbocycles. The molecular formula is C15H13N3O8. The highest BCUT2D eigenvalue weighted by Crippen LogP contribution is 2.28. The van der Waals surface area contributed by atoms with E-state index in [1.807, 2.05) is 0 Å². The average molecular weight is 363 g/mol. The van der Waals surface area contributed by atoms with Gasteiger partial charge >= 0.3 is 17.2 Å². The zero-order valence-electron chi connectivity index (χ0n) is 13.3. The summed E-state index contributed by atoms with van der Waals surface area (Å²) in [5, 5.41) is 28.7. The van der Waals surface area contributed by atoms with Crippen LogP contribution in [0.5, 0.6) is 17.4 Å². The number of aromatic nitrogens is 2. The Morgan fingerprint density at radius 1 is 1.38 bits per heavy atom. The SMILES string of the molecule is COc1cc(C=Cc2nc(O)c([N+](=O)[O-])c(=O)[nH]2)ccc1OCC(=O)O. The van der Waals surface area contributed by atoms with Gasteiger partial charge < -0.3 is 24.7 Å². The number of benzene rings is 1. The van der Waals surface area contributed by atoms with Crippen molar-refractivity contribution in [2.75, 3.05) is 13.7 Å². The average Bonchev–Trinajstić information content (AvgIpc) is 2.57. The van der Waals surface area contributed by atoms with Gasteiger partial charge in [-0.05, 0) is 23.8 Å². The largest absolute Gasteiger partial charge is 0.493 e. The number of H-pyrrole nitrogens is 1. The summed E-state index contributed by atoms with van der Waals surface area (Å²) in [5.41, 5.74) is -1.55. The van der Waals surface area contributed by atoms with Crippen LogP contribution in [-0.2, 0) is 4.79 Å². The van der Waals surface area contributed by atoms with E-state index < -0.39 is 34.6 Å². The van der Waals surface area contributed by atoms with Crippen LogP contribution in [0.4, 0.5) is 5.69 Å². The number of methoxy groups -OCH3 is 1. The molecule has 0 fully saturated rings. The summed E-state index contributed by atoms with van der Waals surface area (Å²) in [6.07, 6.45) is 2.81. The first-order valence-corrected chi connectivity index (χ1v) is 7.00. The third-order valence-electron chi connectivity index (χ3n) is 3.05. The number of nitro groups is 1. The van der Waals surface area contributed by atoms with Crippen molar-refractivity contribution >= 4 is 23.8 Å². The summed E-state index contributed by atoms with van der Waals surface area (Å²) in [5.74, 6) is -1.71. The maximum atomic E-state index is 11.6. The fourth-order valence-corrected chi connectivity index (χ4v) is 1.94. The van der Waals surface area contributed by atoms with Gasteiger partial charge in [-0.15, -0.1) is 0 Å². The zero-order chi connectivity index (χ0) is 19.3. The molecule has 0 aliphatic heterocycles. The van der Waals surface area contributed by atoms with E-state index in [0.717, 1.165) is 0 Å². The van der Waals surface area contributed by atoms with Crippen LogP contribution < -0.4 is 15.0 Å². The predicted molar refractivity (Wildman–Crippen MR) is 88.2 cm³/mol. The van der Waals surface area contributed by atoms with Crippen LogP contribution in [0.15, 0.2) is 23.0 Å². The normalized spacial score (nSPS) is 10.7. The fraction of sp³-hybridized carbons (Fsp3) is 0.133. The van der Waals surface area contributed by atoms with E-state index in [0.29, 0.717) is 5.56 Å². The molecule has 11 nitrogen and oxygen atoms in total. The number of carboxylic acid groups (broad SMARTS) is 1. The van der Waals surface area contributed by atoms with E-state index in [1.54, 1.807) is 6.07 Å². The summed E-state index contributed by atoms with van der Waals surface area (Å²) in [7, 11) is 1.38. The molecule has 1 aromatic heterocycles. The minimum atomic E-state index is -1.14. The number of nitrogens with one attached hydrogen (secondary N) is 1. The maximum Gasteiger partial charge on any atom is 0.395 e. The van der Waals surface area contributed by atoms with Crippen molar-refractivity contribution in [3.63, 3.8) is 0 Å². The van der Waals surface area contributed by atoms with Gasteiger partial charge in [0, 0.05) is 0 Å². The highest BCUT2D eigenvalue weighted by atomic mass is 16.6. The summed E-state index contributed by atoms with van der Waals surface area (Å²) in [6, 6.07) is 4.61. The number of hydrogen-bond donors (Lipinski definition) is 3. The molecule has 2 aromatic rings. The van der Waals surface area contributed by atoms with E-state index in [2.05, 4.69) is 9.97 Å². The minimum absolute atomic E-state index is 0.0942. The van der Waals surface area contributed by atoms with Gasteiger partial charge in [-0.3, -0.25) is 14.9 Å². The summed E-state index contributed by atoms with van der Waals surface area (Å²) < 4.78 is 10.2. The van der Waals surface area contributed by atoms with Crippen molar-refractivity contribution in [1.82, 2.24) is 9.97 Å². The number of aromatic hydroxyl groups is 1. The van der Waals surface area contributed by atoms with Crippen molar-refractivity contribution < 1.29 is 29.4 Å². The molecule has 26 heavy (non-hydrogen) atoms. The van der Waals surface area contributed by atoms with E-state index in [-0.39, 0.29) is 17.3 Å². The van der Waals surface area contributed by atoms with Gasteiger partial charge in [-0.1, -0.05) is 12.1 Å². The second kappa shape index (κ2) is 7.79. The predicted octanol–water partition coefficient (Wildman–Crippen LogP) is 1.03. The fourth-order valence-electron chi connectivity index (χ4n) is 1.94. The Bertz CT molecular complexity index is 935. The summed E-state index contributed by atoms with van der Waals surface area (Å²) >= 11 is 0. The van der Waals surface area contributed by atoms with Crippen LogP contribution in [0.3, 0.4) is 0 Å². The second-order valence-electron chi connectivity index (χ2n) is 4.81. The van der Waals surface area contributed by atoms with Crippen molar-refractivity contribution in [2.24, 2.45) is 0 Å². The monoisotopic (exact) mass is 363 g/mol. The first-order valence-electron chi connectivity index (χ1n) is 7.00. The van der Waals surface area contributed by atoms with Crippen LogP contribution in [0.2, 0.25) is 0 Å². The first kappa shape index (κ1) is 18.4. The standard InChI is InChI=1S/C15H13N3O8/c1-25-10-6-8(2-4-9(10)26-7-12(19)20)3-5-11-16-14(21)13(18(23)24)15(22)17-11/h2-6H,7H2,1H3,(H,19,20)(H2,16,17,21,22). The van der Waals surface area contributed by atoms with Crippen molar-refractivity contribution in [3.05, 3.63) is 50.1 Å². The third kappa shape index (κ3) is 4.35. The molecule has 0 radical (unpaired) electrons. The smallest absolute Gasteiger partial charge is 0.395 e. The molecule has 0 aliphatic carbocycles. The van der Waals surface area contributed by atoms with Crippen LogP contribution in [0.25, 0.3) is 12.2 Å². The Morgan fingerprint density at radius 3 is 2.69 bits per heavy atom. The van der Waals surface area contributed by atoms with Crippen LogP contribution in [-0.4, -0.2) is 44.8 Å². The Labute approximate surface area is 145 Å². The van der Waals surface area contributed by atoms with Crippen molar-refractivity contribution in [1.29, 1.82) is 0 Å². The van der Waals surface area contributed by atoms with Gasteiger partial charge in [0.25, 0.3) is 5.88 Å². The second-order valence-corrected chi connectivity index (χ2v) is 4.81. The highest BCUT2D eigenvalue weighted by Gasteiger charge is 2.21. The summed E-state index contributed by atoms with van der Waals surface area (Å²) in [4.78, 5) is 37.4. The van der Waals surface area contributed by atoms with E-state index in [1.165, 1.54) is 31.4 Å². The number of hydrogen-bond acceptors (Lipinski definition) is 8. The van der Waals surface area contributed by atoms with Gasteiger partial charge in [-0.25, -0.2) is 4.79 Å². The third-order valence-corrected chi connectivity index (χ3v) is 3.05. The van der Waals surface area contributed by atoms with E-state index >= 15 is 0 Å². The Kier molecular flexibility index (Phi) is 5.53. The van der Waals surface area contributed by atoms with E-state index in [9.17, 15) is 24.8 Å². The minimum Gasteiger partial charge on any atom is -0.493 e. The Balaban J connectivity index is 2.26. The number of rotatable bonds is 7. The lowest BCUT2D eigenvalue weighted by Crippen LogP contribution is -2.14. The molecule has 0 bridgehead atoms. The van der Waals surface area contributed by atoms with Gasteiger partial charge in [0.05, 0.1) is 12.0 Å². The number of carbonyl (C=O) groups is 1. The van der Waals surface area contributed by atoms with Crippen LogP contribution >= 0.6 is 0 Å². The molecule has 0 saturated heterocycles. The first-order chi connectivity index (χ1) is 12.3. The molecule has 1 heterocycles. The number of aromatic amines is 1. The lowest BCUT2D eigenvalue weighted by Gasteiger charge is -2.09. The van der Waals surface area contributed by atoms with Crippen LogP contribution in [0, 0.1) is 10.1 Å². The molecule has 0 atom stereocenters. The molecule has 0 unspecified atom stereocenters. The number of ether oxygens (including phenoxy) is 2. The number of carboxylic acids is 1. The number of aliphatic carboxylic acids is 1. The maximum absolute atomic E-state index is 11.6. The van der Waals surface area contributed by atoms with Crippen molar-refractivity contribution in [3.8, 4) is 17.4 Å². The Hall–Kier alpha value is -3.89. The van der Waals surface area contributed by atoms with Gasteiger partial charge in [0.15, 0.2) is 18.1 Å². The quantitative estimate of drug-likeness (QED) is 0.481. The molecule has 0 amide bonds. The lowest BCUT2D eigenvalue weighted by molar-refractivity contribution is -0.387. The molecular weight excluding hydrogens is 350 g/mol. The Morgan fingerprint density at radius 2 is 2.12 bits per heavy atom. The lowest BCUT2D eigenvalue weighted by atomic mass is 10.2. The molecule has 0 aliphatic rings. The highest BCUT2D eigenvalue weighted by molar-refractivity contribution is 5.70. The van der Waals surface area contributed by atoms with E-state index in [4.69, 9.17) is 14.6 Å². The van der Waals surface area contributed by atoms with Gasteiger partial charge in [-0.2, -0.15) is 4.98 Å². The molecule has 2 rings (SSSR count). The topological polar surface area (TPSA) is 165 Å². The zero-order valence-corrected chi connectivity index (χ0v) is 13.3. The molecule has 136 valence electrons. The number of nitrogens with zero attached hydrogens (tertiary/aromatic N) is 2. The molecule has 0 spiro atoms. The van der Waals surface area contributed by atoms with Gasteiger partial charge in [0.1, 0.15) is 5.82 Å². The summed E-state index contributed by atoms with van der Waals surface area (Å²) in [6.45, 7) is -0.529. The van der Waals surface area contributed by atoms with Crippen molar-refractivity contribution in [2.45, 2.75) is 0 Å². The molecule has 0 saturated carbocycles. The van der Waals surface area contributed by atoms with Gasteiger partial charge in [0.2, 0.25) is 0 Å². The molecule has 3 N–H and O–H groups in total.